The number of halogens is 1. The SMILES string of the molecule is CCCC1C(C(=O)Nc2ccccc2Cl)=C(C)NC2=C1C(=O)CCC2. The number of para-hydroxylation sites is 1. The van der Waals surface area contributed by atoms with Crippen molar-refractivity contribution >= 4 is 29.0 Å². The van der Waals surface area contributed by atoms with E-state index in [9.17, 15) is 9.59 Å². The number of hydrogen-bond donors (Lipinski definition) is 2. The molecule has 0 radical (unpaired) electrons. The van der Waals surface area contributed by atoms with Crippen LogP contribution in [-0.4, -0.2) is 11.7 Å². The van der Waals surface area contributed by atoms with Crippen LogP contribution in [0.4, 0.5) is 5.69 Å². The smallest absolute Gasteiger partial charge is 0.254 e. The predicted molar refractivity (Wildman–Crippen MR) is 100 cm³/mol. The molecule has 2 N–H and O–H groups in total. The quantitative estimate of drug-likeness (QED) is 0.828. The van der Waals surface area contributed by atoms with Crippen molar-refractivity contribution in [1.29, 1.82) is 0 Å². The number of benzene rings is 1. The molecule has 1 atom stereocenters. The highest BCUT2D eigenvalue weighted by atomic mass is 35.5. The molecule has 4 nitrogen and oxygen atoms in total. The van der Waals surface area contributed by atoms with E-state index in [-0.39, 0.29) is 17.6 Å². The summed E-state index contributed by atoms with van der Waals surface area (Å²) in [6.07, 6.45) is 4.01. The number of carbonyl (C=O) groups is 2. The zero-order chi connectivity index (χ0) is 18.0. The summed E-state index contributed by atoms with van der Waals surface area (Å²) in [5, 5.41) is 6.72. The van der Waals surface area contributed by atoms with Crippen molar-refractivity contribution in [2.45, 2.75) is 46.0 Å². The molecule has 3 rings (SSSR count). The molecule has 0 fully saturated rings. The Morgan fingerprint density at radius 1 is 1.32 bits per heavy atom. The summed E-state index contributed by atoms with van der Waals surface area (Å²) in [6, 6.07) is 7.17. The molecule has 2 aliphatic rings. The van der Waals surface area contributed by atoms with Crippen LogP contribution >= 0.6 is 11.6 Å². The molecule has 1 heterocycles. The molecule has 5 heteroatoms. The first-order valence-electron chi connectivity index (χ1n) is 8.82. The lowest BCUT2D eigenvalue weighted by molar-refractivity contribution is -0.116. The molecule has 1 aromatic carbocycles. The Morgan fingerprint density at radius 3 is 2.80 bits per heavy atom. The van der Waals surface area contributed by atoms with E-state index in [0.29, 0.717) is 22.7 Å². The lowest BCUT2D eigenvalue weighted by Gasteiger charge is -2.34. The van der Waals surface area contributed by atoms with Crippen molar-refractivity contribution in [1.82, 2.24) is 5.32 Å². The minimum atomic E-state index is -0.193. The highest BCUT2D eigenvalue weighted by Crippen LogP contribution is 2.38. The molecule has 0 bridgehead atoms. The van der Waals surface area contributed by atoms with E-state index < -0.39 is 0 Å². The Balaban J connectivity index is 1.94. The Kier molecular flexibility index (Phi) is 5.28. The van der Waals surface area contributed by atoms with Crippen molar-refractivity contribution in [2.75, 3.05) is 5.32 Å². The second kappa shape index (κ2) is 7.44. The number of hydrogen-bond acceptors (Lipinski definition) is 3. The van der Waals surface area contributed by atoms with Crippen LogP contribution in [0.1, 0.15) is 46.0 Å². The fourth-order valence-electron chi connectivity index (χ4n) is 3.76. The van der Waals surface area contributed by atoms with E-state index >= 15 is 0 Å². The standard InChI is InChI=1S/C20H23ClN2O2/c1-3-7-13-18(20(25)23-15-9-5-4-8-14(15)21)12(2)22-16-10-6-11-17(24)19(13)16/h4-5,8-9,13,22H,3,6-7,10-11H2,1-2H3,(H,23,25). The van der Waals surface area contributed by atoms with Crippen LogP contribution < -0.4 is 10.6 Å². The third-order valence-corrected chi connectivity index (χ3v) is 5.17. The second-order valence-electron chi connectivity index (χ2n) is 6.61. The molecule has 1 aromatic rings. The average Bonchev–Trinajstić information content (AvgIpc) is 2.57. The third kappa shape index (κ3) is 3.49. The van der Waals surface area contributed by atoms with Gasteiger partial charge in [0.1, 0.15) is 0 Å². The van der Waals surface area contributed by atoms with Crippen LogP contribution in [0, 0.1) is 5.92 Å². The lowest BCUT2D eigenvalue weighted by Crippen LogP contribution is -2.36. The van der Waals surface area contributed by atoms with Crippen LogP contribution in [0.5, 0.6) is 0 Å². The summed E-state index contributed by atoms with van der Waals surface area (Å²) in [5.41, 5.74) is 3.87. The maximum absolute atomic E-state index is 13.0. The van der Waals surface area contributed by atoms with Gasteiger partial charge in [0.2, 0.25) is 0 Å². The summed E-state index contributed by atoms with van der Waals surface area (Å²) in [4.78, 5) is 25.5. The number of ketones is 1. The van der Waals surface area contributed by atoms with E-state index in [1.54, 1.807) is 12.1 Å². The van der Waals surface area contributed by atoms with Crippen molar-refractivity contribution < 1.29 is 9.59 Å². The van der Waals surface area contributed by atoms with Gasteiger partial charge < -0.3 is 10.6 Å². The molecular weight excluding hydrogens is 336 g/mol. The Morgan fingerprint density at radius 2 is 2.08 bits per heavy atom. The molecule has 0 spiro atoms. The van der Waals surface area contributed by atoms with Gasteiger partial charge in [-0.1, -0.05) is 37.1 Å². The van der Waals surface area contributed by atoms with Gasteiger partial charge >= 0.3 is 0 Å². The van der Waals surface area contributed by atoms with Gasteiger partial charge in [-0.3, -0.25) is 9.59 Å². The highest BCUT2D eigenvalue weighted by Gasteiger charge is 2.36. The number of amides is 1. The van der Waals surface area contributed by atoms with E-state index in [4.69, 9.17) is 11.6 Å². The third-order valence-electron chi connectivity index (χ3n) is 4.84. The van der Waals surface area contributed by atoms with Crippen LogP contribution in [0.25, 0.3) is 0 Å². The number of Topliss-reactive ketones (excluding diaryl/α,β-unsaturated/α-hetero) is 1. The van der Waals surface area contributed by atoms with Gasteiger partial charge in [-0.05, 0) is 38.3 Å². The lowest BCUT2D eigenvalue weighted by atomic mass is 9.76. The van der Waals surface area contributed by atoms with E-state index in [0.717, 1.165) is 42.7 Å². The van der Waals surface area contributed by atoms with Gasteiger partial charge in [0, 0.05) is 34.9 Å². The maximum atomic E-state index is 13.0. The van der Waals surface area contributed by atoms with E-state index in [1.807, 2.05) is 19.1 Å². The molecule has 1 unspecified atom stereocenters. The van der Waals surface area contributed by atoms with Crippen LogP contribution in [0.15, 0.2) is 46.8 Å². The molecule has 132 valence electrons. The molecule has 0 aromatic heterocycles. The van der Waals surface area contributed by atoms with Gasteiger partial charge in [-0.25, -0.2) is 0 Å². The van der Waals surface area contributed by atoms with Gasteiger partial charge in [-0.2, -0.15) is 0 Å². The molecule has 1 amide bonds. The number of carbonyl (C=O) groups excluding carboxylic acids is 2. The Labute approximate surface area is 153 Å². The normalized spacial score (nSPS) is 20.3. The van der Waals surface area contributed by atoms with Crippen molar-refractivity contribution in [2.24, 2.45) is 5.92 Å². The Hall–Kier alpha value is -2.07. The van der Waals surface area contributed by atoms with Crippen molar-refractivity contribution in [3.63, 3.8) is 0 Å². The first-order chi connectivity index (χ1) is 12.0. The summed E-state index contributed by atoms with van der Waals surface area (Å²) >= 11 is 6.17. The zero-order valence-electron chi connectivity index (χ0n) is 14.6. The minimum absolute atomic E-state index is 0.142. The molecule has 25 heavy (non-hydrogen) atoms. The fourth-order valence-corrected chi connectivity index (χ4v) is 3.94. The second-order valence-corrected chi connectivity index (χ2v) is 7.02. The van der Waals surface area contributed by atoms with E-state index in [2.05, 4.69) is 17.6 Å². The number of dihydropyridines is 1. The summed E-state index contributed by atoms with van der Waals surface area (Å²) in [7, 11) is 0. The topological polar surface area (TPSA) is 58.2 Å². The largest absolute Gasteiger partial charge is 0.362 e. The van der Waals surface area contributed by atoms with Crippen molar-refractivity contribution in [3.05, 3.63) is 51.8 Å². The van der Waals surface area contributed by atoms with Crippen LogP contribution in [0.3, 0.4) is 0 Å². The average molecular weight is 359 g/mol. The highest BCUT2D eigenvalue weighted by molar-refractivity contribution is 6.33. The molecule has 0 saturated carbocycles. The number of nitrogens with one attached hydrogen (secondary N) is 2. The van der Waals surface area contributed by atoms with Crippen LogP contribution in [0.2, 0.25) is 5.02 Å². The first-order valence-corrected chi connectivity index (χ1v) is 9.20. The fraction of sp³-hybridized carbons (Fsp3) is 0.400. The zero-order valence-corrected chi connectivity index (χ0v) is 15.4. The molecular formula is C20H23ClN2O2. The first kappa shape index (κ1) is 17.7. The summed E-state index contributed by atoms with van der Waals surface area (Å²) in [6.45, 7) is 3.99. The van der Waals surface area contributed by atoms with E-state index in [1.165, 1.54) is 0 Å². The number of anilines is 1. The van der Waals surface area contributed by atoms with Crippen molar-refractivity contribution in [3.8, 4) is 0 Å². The monoisotopic (exact) mass is 358 g/mol. The van der Waals surface area contributed by atoms with Gasteiger partial charge in [0.15, 0.2) is 5.78 Å². The van der Waals surface area contributed by atoms with Gasteiger partial charge in [0.25, 0.3) is 5.91 Å². The number of allylic oxidation sites excluding steroid dienone is 3. The summed E-state index contributed by atoms with van der Waals surface area (Å²) < 4.78 is 0. The predicted octanol–water partition coefficient (Wildman–Crippen LogP) is 4.58. The van der Waals surface area contributed by atoms with Gasteiger partial charge in [0.05, 0.1) is 10.7 Å². The molecule has 0 saturated heterocycles. The summed E-state index contributed by atoms with van der Waals surface area (Å²) in [5.74, 6) is -0.166. The Bertz CT molecular complexity index is 780. The maximum Gasteiger partial charge on any atom is 0.254 e. The molecule has 1 aliphatic heterocycles. The number of rotatable bonds is 4. The molecule has 1 aliphatic carbocycles. The minimum Gasteiger partial charge on any atom is -0.362 e. The van der Waals surface area contributed by atoms with Gasteiger partial charge in [-0.15, -0.1) is 0 Å². The van der Waals surface area contributed by atoms with Crippen LogP contribution in [-0.2, 0) is 9.59 Å².